The van der Waals surface area contributed by atoms with Gasteiger partial charge in [0.1, 0.15) is 5.69 Å². The van der Waals surface area contributed by atoms with Gasteiger partial charge in [-0.15, -0.1) is 11.3 Å². The highest BCUT2D eigenvalue weighted by Gasteiger charge is 2.25. The number of carboxylic acids is 1. The van der Waals surface area contributed by atoms with E-state index in [-0.39, 0.29) is 10.9 Å². The van der Waals surface area contributed by atoms with Crippen molar-refractivity contribution >= 4 is 40.5 Å². The van der Waals surface area contributed by atoms with Crippen molar-refractivity contribution in [2.75, 3.05) is 10.6 Å². The largest absolute Gasteiger partial charge is 0.476 e. The number of fused-ring (bicyclic) bond motifs is 3. The molecule has 136 valence electrons. The molecule has 1 aromatic carbocycles. The van der Waals surface area contributed by atoms with E-state index in [9.17, 15) is 14.7 Å². The second-order valence-corrected chi connectivity index (χ2v) is 7.13. The Morgan fingerprint density at radius 3 is 2.74 bits per heavy atom. The lowest BCUT2D eigenvalue weighted by atomic mass is 10.00. The summed E-state index contributed by atoms with van der Waals surface area (Å²) in [5.74, 6) is -0.799. The fourth-order valence-corrected chi connectivity index (χ4v) is 3.81. The van der Waals surface area contributed by atoms with Crippen molar-refractivity contribution in [1.82, 2.24) is 15.0 Å². The van der Waals surface area contributed by atoms with Gasteiger partial charge >= 0.3 is 5.97 Å². The fraction of sp³-hybridized carbons (Fsp3) is 0.167. The third-order valence-electron chi connectivity index (χ3n) is 4.03. The highest BCUT2D eigenvalue weighted by atomic mass is 32.1. The first kappa shape index (κ1) is 17.1. The van der Waals surface area contributed by atoms with E-state index in [0.717, 1.165) is 29.0 Å². The number of anilines is 3. The monoisotopic (exact) mass is 381 g/mol. The molecule has 2 heterocycles. The molecule has 0 aliphatic heterocycles. The van der Waals surface area contributed by atoms with Gasteiger partial charge in [0.25, 0.3) is 0 Å². The van der Waals surface area contributed by atoms with E-state index < -0.39 is 5.97 Å². The maximum absolute atomic E-state index is 11.2. The molecule has 0 unspecified atom stereocenters. The highest BCUT2D eigenvalue weighted by Crippen LogP contribution is 2.35. The summed E-state index contributed by atoms with van der Waals surface area (Å²) in [5, 5.41) is 15.1. The minimum Gasteiger partial charge on any atom is -0.476 e. The van der Waals surface area contributed by atoms with Crippen LogP contribution in [0.25, 0.3) is 11.4 Å². The molecule has 0 fully saturated rings. The number of thiazole rings is 1. The first-order chi connectivity index (χ1) is 13.0. The number of benzene rings is 1. The number of nitrogens with one attached hydrogen (secondary N) is 2. The Kier molecular flexibility index (Phi) is 4.28. The van der Waals surface area contributed by atoms with E-state index in [1.165, 1.54) is 18.3 Å². The Morgan fingerprint density at radius 2 is 1.96 bits per heavy atom. The van der Waals surface area contributed by atoms with Crippen LogP contribution in [0.1, 0.15) is 27.2 Å². The summed E-state index contributed by atoms with van der Waals surface area (Å²) in [5.41, 5.74) is 3.62. The van der Waals surface area contributed by atoms with Crippen molar-refractivity contribution in [3.05, 3.63) is 45.9 Å². The lowest BCUT2D eigenvalue weighted by Crippen LogP contribution is -2.08. The number of amides is 1. The van der Waals surface area contributed by atoms with E-state index in [0.29, 0.717) is 23.0 Å². The molecule has 3 N–H and O–H groups in total. The molecule has 3 aromatic rings. The molecule has 1 aliphatic carbocycles. The number of carboxylic acid groups (broad SMARTS) is 1. The molecule has 0 atom stereocenters. The topological polar surface area (TPSA) is 117 Å². The molecular weight excluding hydrogens is 366 g/mol. The van der Waals surface area contributed by atoms with Gasteiger partial charge in [0.05, 0.1) is 5.69 Å². The van der Waals surface area contributed by atoms with Crippen LogP contribution in [0.15, 0.2) is 30.5 Å². The average Bonchev–Trinajstić information content (AvgIpc) is 3.06. The zero-order chi connectivity index (χ0) is 19.0. The number of carbonyl (C=O) groups excluding carboxylic acids is 1. The Bertz CT molecular complexity index is 1060. The molecule has 27 heavy (non-hydrogen) atoms. The number of aryl methyl sites for hydroxylation is 2. The van der Waals surface area contributed by atoms with Crippen LogP contribution in [0, 0.1) is 0 Å². The van der Waals surface area contributed by atoms with Crippen LogP contribution in [0.2, 0.25) is 0 Å². The Balaban J connectivity index is 1.65. The van der Waals surface area contributed by atoms with Gasteiger partial charge in [0, 0.05) is 29.4 Å². The number of nitrogens with zero attached hydrogens (tertiary/aromatic N) is 3. The summed E-state index contributed by atoms with van der Waals surface area (Å²) in [4.78, 5) is 36.5. The first-order valence-corrected chi connectivity index (χ1v) is 9.05. The van der Waals surface area contributed by atoms with E-state index in [1.54, 1.807) is 18.3 Å². The van der Waals surface area contributed by atoms with Crippen molar-refractivity contribution in [2.24, 2.45) is 0 Å². The normalized spacial score (nSPS) is 12.0. The maximum atomic E-state index is 11.2. The molecule has 0 spiro atoms. The summed E-state index contributed by atoms with van der Waals surface area (Å²) >= 11 is 1.19. The smallest absolute Gasteiger partial charge is 0.365 e. The van der Waals surface area contributed by atoms with Crippen LogP contribution in [0.3, 0.4) is 0 Å². The predicted octanol–water partition coefficient (Wildman–Crippen LogP) is 3.10. The molecule has 9 heteroatoms. The van der Waals surface area contributed by atoms with Crippen LogP contribution in [0.4, 0.5) is 17.3 Å². The van der Waals surface area contributed by atoms with Crippen LogP contribution in [-0.2, 0) is 17.6 Å². The van der Waals surface area contributed by atoms with Crippen LogP contribution in [-0.4, -0.2) is 31.9 Å². The Hall–Kier alpha value is -3.33. The minimum atomic E-state index is -1.03. The molecule has 0 bridgehead atoms. The Morgan fingerprint density at radius 1 is 1.15 bits per heavy atom. The van der Waals surface area contributed by atoms with Gasteiger partial charge < -0.3 is 15.7 Å². The van der Waals surface area contributed by atoms with Gasteiger partial charge in [-0.05, 0) is 36.6 Å². The molecule has 8 nitrogen and oxygen atoms in total. The second-order valence-electron chi connectivity index (χ2n) is 6.05. The predicted molar refractivity (Wildman–Crippen MR) is 102 cm³/mol. The molecule has 1 amide bonds. The first-order valence-electron chi connectivity index (χ1n) is 8.23. The second kappa shape index (κ2) is 6.76. The van der Waals surface area contributed by atoms with E-state index in [2.05, 4.69) is 25.6 Å². The molecule has 4 rings (SSSR count). The molecule has 1 aliphatic rings. The lowest BCUT2D eigenvalue weighted by molar-refractivity contribution is -0.114. The van der Waals surface area contributed by atoms with E-state index in [1.807, 2.05) is 12.1 Å². The molecule has 0 saturated heterocycles. The number of rotatable bonds is 4. The van der Waals surface area contributed by atoms with Crippen LogP contribution in [0.5, 0.6) is 0 Å². The van der Waals surface area contributed by atoms with Crippen molar-refractivity contribution in [2.45, 2.75) is 19.8 Å². The SMILES string of the molecule is CC(=O)Nc1cccc(Nc2ncc3c(n2)-c2nc(C(=O)O)sc2CC3)c1. The van der Waals surface area contributed by atoms with Gasteiger partial charge in [0.15, 0.2) is 0 Å². The quantitative estimate of drug-likeness (QED) is 0.636. The van der Waals surface area contributed by atoms with Crippen molar-refractivity contribution < 1.29 is 14.7 Å². The summed E-state index contributed by atoms with van der Waals surface area (Å²) in [6.45, 7) is 1.45. The third-order valence-corrected chi connectivity index (χ3v) is 5.13. The van der Waals surface area contributed by atoms with Gasteiger partial charge in [-0.3, -0.25) is 4.79 Å². The fourth-order valence-electron chi connectivity index (χ4n) is 2.91. The number of hydrogen-bond donors (Lipinski definition) is 3. The zero-order valence-corrected chi connectivity index (χ0v) is 15.1. The summed E-state index contributed by atoms with van der Waals surface area (Å²) in [7, 11) is 0. The summed E-state index contributed by atoms with van der Waals surface area (Å²) < 4.78 is 0. The number of aromatic nitrogens is 3. The van der Waals surface area contributed by atoms with Crippen LogP contribution < -0.4 is 10.6 Å². The van der Waals surface area contributed by atoms with Crippen molar-refractivity contribution in [3.8, 4) is 11.4 Å². The molecule has 0 radical (unpaired) electrons. The van der Waals surface area contributed by atoms with E-state index in [4.69, 9.17) is 0 Å². The molecule has 0 saturated carbocycles. The minimum absolute atomic E-state index is 0.0731. The zero-order valence-electron chi connectivity index (χ0n) is 14.3. The van der Waals surface area contributed by atoms with Crippen molar-refractivity contribution in [3.63, 3.8) is 0 Å². The third kappa shape index (κ3) is 3.49. The molecule has 2 aromatic heterocycles. The maximum Gasteiger partial charge on any atom is 0.365 e. The number of hydrogen-bond acceptors (Lipinski definition) is 7. The standard InChI is InChI=1S/C18H15N5O3S/c1-9(24)20-11-3-2-4-12(7-11)21-18-19-8-10-5-6-13-15(14(10)23-18)22-16(27-13)17(25)26/h2-4,7-8H,5-6H2,1H3,(H,20,24)(H,25,26)(H,19,21,23). The van der Waals surface area contributed by atoms with E-state index >= 15 is 0 Å². The van der Waals surface area contributed by atoms with Gasteiger partial charge in [0.2, 0.25) is 16.9 Å². The summed E-state index contributed by atoms with van der Waals surface area (Å²) in [6, 6.07) is 7.21. The van der Waals surface area contributed by atoms with Crippen molar-refractivity contribution in [1.29, 1.82) is 0 Å². The average molecular weight is 381 g/mol. The summed E-state index contributed by atoms with van der Waals surface area (Å²) in [6.07, 6.45) is 3.23. The molecular formula is C18H15N5O3S. The lowest BCUT2D eigenvalue weighted by Gasteiger charge is -2.15. The van der Waals surface area contributed by atoms with Gasteiger partial charge in [-0.1, -0.05) is 6.07 Å². The Labute approximate surface area is 158 Å². The highest BCUT2D eigenvalue weighted by molar-refractivity contribution is 7.14. The number of aromatic carboxylic acids is 1. The van der Waals surface area contributed by atoms with Gasteiger partial charge in [-0.25, -0.2) is 19.7 Å². The van der Waals surface area contributed by atoms with Gasteiger partial charge in [-0.2, -0.15) is 0 Å². The number of carbonyl (C=O) groups is 2. The van der Waals surface area contributed by atoms with Crippen LogP contribution >= 0.6 is 11.3 Å².